The Bertz CT molecular complexity index is 737. The summed E-state index contributed by atoms with van der Waals surface area (Å²) in [5, 5.41) is 13.1. The second-order valence-corrected chi connectivity index (χ2v) is 4.41. The summed E-state index contributed by atoms with van der Waals surface area (Å²) in [6.45, 7) is 0. The van der Waals surface area contributed by atoms with Crippen LogP contribution in [-0.4, -0.2) is 10.8 Å². The molecule has 2 aromatic carbocycles. The van der Waals surface area contributed by atoms with Gasteiger partial charge in [0.25, 0.3) is 5.91 Å². The molecule has 8 heteroatoms. The van der Waals surface area contributed by atoms with Crippen LogP contribution in [0.5, 0.6) is 0 Å². The number of carbonyl (C=O) groups excluding carboxylic acids is 1. The lowest BCUT2D eigenvalue weighted by Crippen LogP contribution is -2.16. The molecule has 1 N–H and O–H groups in total. The molecule has 0 radical (unpaired) electrons. The van der Waals surface area contributed by atoms with Gasteiger partial charge in [-0.1, -0.05) is 17.7 Å². The minimum Gasteiger partial charge on any atom is -0.322 e. The van der Waals surface area contributed by atoms with Gasteiger partial charge in [-0.2, -0.15) is 4.39 Å². The standard InChI is InChI=1S/C13H7ClF2N2O3/c14-7-2-1-3-8(6-7)17-13(19)11-9(15)4-5-10(12(11)16)18(20)21/h1-6H,(H,17,19). The number of halogens is 3. The number of amides is 1. The highest BCUT2D eigenvalue weighted by Gasteiger charge is 2.26. The third kappa shape index (κ3) is 3.14. The predicted molar refractivity (Wildman–Crippen MR) is 72.4 cm³/mol. The summed E-state index contributed by atoms with van der Waals surface area (Å²) in [5.41, 5.74) is -1.80. The summed E-state index contributed by atoms with van der Waals surface area (Å²) in [4.78, 5) is 21.5. The van der Waals surface area contributed by atoms with Gasteiger partial charge in [-0.15, -0.1) is 0 Å². The van der Waals surface area contributed by atoms with Crippen molar-refractivity contribution in [2.45, 2.75) is 0 Å². The molecule has 5 nitrogen and oxygen atoms in total. The van der Waals surface area contributed by atoms with Crippen molar-refractivity contribution in [1.29, 1.82) is 0 Å². The molecule has 1 amide bonds. The highest BCUT2D eigenvalue weighted by atomic mass is 35.5. The lowest BCUT2D eigenvalue weighted by atomic mass is 10.1. The van der Waals surface area contributed by atoms with Crippen LogP contribution in [0.25, 0.3) is 0 Å². The number of nitro benzene ring substituents is 1. The van der Waals surface area contributed by atoms with Crippen molar-refractivity contribution in [3.05, 3.63) is 68.7 Å². The van der Waals surface area contributed by atoms with Gasteiger partial charge < -0.3 is 5.32 Å². The molecule has 0 aliphatic rings. The zero-order valence-corrected chi connectivity index (χ0v) is 11.0. The van der Waals surface area contributed by atoms with Crippen LogP contribution >= 0.6 is 11.6 Å². The van der Waals surface area contributed by atoms with Crippen LogP contribution < -0.4 is 5.32 Å². The Morgan fingerprint density at radius 3 is 2.57 bits per heavy atom. The van der Waals surface area contributed by atoms with E-state index in [9.17, 15) is 23.7 Å². The molecular formula is C13H7ClF2N2O3. The first-order valence-corrected chi connectivity index (χ1v) is 5.97. The van der Waals surface area contributed by atoms with Gasteiger partial charge in [-0.05, 0) is 24.3 Å². The van der Waals surface area contributed by atoms with Gasteiger partial charge in [0.05, 0.1) is 4.92 Å². The highest BCUT2D eigenvalue weighted by Crippen LogP contribution is 2.24. The summed E-state index contributed by atoms with van der Waals surface area (Å²) in [5.74, 6) is -3.87. The van der Waals surface area contributed by atoms with Gasteiger partial charge in [0.2, 0.25) is 5.82 Å². The molecular weight excluding hydrogens is 306 g/mol. The molecule has 0 heterocycles. The second kappa shape index (κ2) is 5.84. The van der Waals surface area contributed by atoms with Crippen LogP contribution in [0.4, 0.5) is 20.2 Å². The maximum absolute atomic E-state index is 13.8. The minimum atomic E-state index is -1.53. The first-order valence-electron chi connectivity index (χ1n) is 5.59. The maximum atomic E-state index is 13.8. The topological polar surface area (TPSA) is 72.2 Å². The smallest absolute Gasteiger partial charge is 0.305 e. The largest absolute Gasteiger partial charge is 0.322 e. The average molecular weight is 313 g/mol. The fourth-order valence-electron chi connectivity index (χ4n) is 1.65. The van der Waals surface area contributed by atoms with Crippen LogP contribution in [0.1, 0.15) is 10.4 Å². The van der Waals surface area contributed by atoms with Crippen molar-refractivity contribution < 1.29 is 18.5 Å². The molecule has 0 saturated heterocycles. The predicted octanol–water partition coefficient (Wildman–Crippen LogP) is 3.78. The molecule has 21 heavy (non-hydrogen) atoms. The number of hydrogen-bond acceptors (Lipinski definition) is 3. The van der Waals surface area contributed by atoms with E-state index in [0.29, 0.717) is 17.2 Å². The molecule has 0 fully saturated rings. The molecule has 108 valence electrons. The van der Waals surface area contributed by atoms with Gasteiger partial charge in [0.1, 0.15) is 11.4 Å². The second-order valence-electron chi connectivity index (χ2n) is 3.98. The molecule has 2 rings (SSSR count). The lowest BCUT2D eigenvalue weighted by molar-refractivity contribution is -0.387. The molecule has 0 aliphatic heterocycles. The average Bonchev–Trinajstić information content (AvgIpc) is 2.38. The Morgan fingerprint density at radius 2 is 1.95 bits per heavy atom. The number of nitrogens with zero attached hydrogens (tertiary/aromatic N) is 1. The van der Waals surface area contributed by atoms with E-state index < -0.39 is 33.7 Å². The number of anilines is 1. The van der Waals surface area contributed by atoms with Crippen molar-refractivity contribution in [2.24, 2.45) is 0 Å². The minimum absolute atomic E-state index is 0.206. The summed E-state index contributed by atoms with van der Waals surface area (Å²) in [6.07, 6.45) is 0. The Balaban J connectivity index is 2.39. The van der Waals surface area contributed by atoms with E-state index in [0.717, 1.165) is 0 Å². The molecule has 0 bridgehead atoms. The van der Waals surface area contributed by atoms with E-state index in [2.05, 4.69) is 5.32 Å². The quantitative estimate of drug-likeness (QED) is 0.692. The van der Waals surface area contributed by atoms with Crippen molar-refractivity contribution in [2.75, 3.05) is 5.32 Å². The number of nitrogens with one attached hydrogen (secondary N) is 1. The van der Waals surface area contributed by atoms with Crippen LogP contribution in [0.15, 0.2) is 36.4 Å². The molecule has 2 aromatic rings. The Labute approximate surface area is 122 Å². The van der Waals surface area contributed by atoms with Crippen LogP contribution in [-0.2, 0) is 0 Å². The van der Waals surface area contributed by atoms with E-state index in [1.165, 1.54) is 18.2 Å². The van der Waals surface area contributed by atoms with Crippen molar-refractivity contribution in [3.63, 3.8) is 0 Å². The van der Waals surface area contributed by atoms with E-state index >= 15 is 0 Å². The van der Waals surface area contributed by atoms with Gasteiger partial charge >= 0.3 is 5.69 Å². The van der Waals surface area contributed by atoms with Crippen LogP contribution in [0.2, 0.25) is 5.02 Å². The van der Waals surface area contributed by atoms with E-state index in [-0.39, 0.29) is 5.69 Å². The third-order valence-corrected chi connectivity index (χ3v) is 2.81. The monoisotopic (exact) mass is 312 g/mol. The zero-order valence-electron chi connectivity index (χ0n) is 10.3. The number of rotatable bonds is 3. The van der Waals surface area contributed by atoms with Gasteiger partial charge in [0, 0.05) is 16.8 Å². The van der Waals surface area contributed by atoms with Crippen molar-refractivity contribution in [3.8, 4) is 0 Å². The third-order valence-electron chi connectivity index (χ3n) is 2.58. The molecule has 0 aliphatic carbocycles. The molecule has 0 unspecified atom stereocenters. The highest BCUT2D eigenvalue weighted by molar-refractivity contribution is 6.31. The molecule has 0 spiro atoms. The first kappa shape index (κ1) is 14.9. The fourth-order valence-corrected chi connectivity index (χ4v) is 1.84. The Kier molecular flexibility index (Phi) is 4.13. The molecule has 0 saturated carbocycles. The summed E-state index contributed by atoms with van der Waals surface area (Å²) < 4.78 is 27.4. The van der Waals surface area contributed by atoms with Gasteiger partial charge in [-0.3, -0.25) is 14.9 Å². The summed E-state index contributed by atoms with van der Waals surface area (Å²) in [7, 11) is 0. The van der Waals surface area contributed by atoms with E-state index in [4.69, 9.17) is 11.6 Å². The summed E-state index contributed by atoms with van der Waals surface area (Å²) >= 11 is 5.71. The maximum Gasteiger partial charge on any atom is 0.305 e. The normalized spacial score (nSPS) is 10.2. The first-order chi connectivity index (χ1) is 9.90. The van der Waals surface area contributed by atoms with Crippen LogP contribution in [0, 0.1) is 21.7 Å². The SMILES string of the molecule is O=C(Nc1cccc(Cl)c1)c1c(F)ccc([N+](=O)[O-])c1F. The Hall–Kier alpha value is -2.54. The van der Waals surface area contributed by atoms with Crippen molar-refractivity contribution >= 4 is 28.9 Å². The fraction of sp³-hybridized carbons (Fsp3) is 0. The van der Waals surface area contributed by atoms with E-state index in [1.807, 2.05) is 0 Å². The van der Waals surface area contributed by atoms with Crippen LogP contribution in [0.3, 0.4) is 0 Å². The molecule has 0 atom stereocenters. The number of carbonyl (C=O) groups is 1. The number of nitro groups is 1. The number of hydrogen-bond donors (Lipinski definition) is 1. The summed E-state index contributed by atoms with van der Waals surface area (Å²) in [6, 6.07) is 7.21. The van der Waals surface area contributed by atoms with Crippen molar-refractivity contribution in [1.82, 2.24) is 0 Å². The Morgan fingerprint density at radius 1 is 1.24 bits per heavy atom. The number of benzene rings is 2. The zero-order chi connectivity index (χ0) is 15.6. The van der Waals surface area contributed by atoms with E-state index in [1.54, 1.807) is 6.07 Å². The van der Waals surface area contributed by atoms with Gasteiger partial charge in [-0.25, -0.2) is 4.39 Å². The van der Waals surface area contributed by atoms with Gasteiger partial charge in [0.15, 0.2) is 0 Å². The molecule has 0 aromatic heterocycles. The lowest BCUT2D eigenvalue weighted by Gasteiger charge is -2.07.